The Hall–Kier alpha value is -1.95. The van der Waals surface area contributed by atoms with Crippen LogP contribution in [0.1, 0.15) is 22.9 Å². The van der Waals surface area contributed by atoms with Crippen LogP contribution in [0.4, 0.5) is 17.6 Å². The molecular formula is C14H12F4N2. The van der Waals surface area contributed by atoms with Gasteiger partial charge < -0.3 is 5.32 Å². The van der Waals surface area contributed by atoms with Gasteiger partial charge in [0.1, 0.15) is 5.82 Å². The van der Waals surface area contributed by atoms with Crippen molar-refractivity contribution in [2.24, 2.45) is 0 Å². The van der Waals surface area contributed by atoms with Crippen molar-refractivity contribution in [2.75, 3.05) is 7.05 Å². The normalized spacial score (nSPS) is 13.2. The molecule has 1 atom stereocenters. The Kier molecular flexibility index (Phi) is 4.04. The number of aromatic nitrogens is 1. The highest BCUT2D eigenvalue weighted by Crippen LogP contribution is 2.29. The molecule has 6 heteroatoms. The molecule has 1 unspecified atom stereocenters. The average Bonchev–Trinajstić information content (AvgIpc) is 2.41. The summed E-state index contributed by atoms with van der Waals surface area (Å²) in [6.45, 7) is 0. The second-order valence-electron chi connectivity index (χ2n) is 4.24. The fraction of sp³-hybridized carbons (Fsp3) is 0.214. The number of hydrogen-bond acceptors (Lipinski definition) is 2. The molecule has 20 heavy (non-hydrogen) atoms. The van der Waals surface area contributed by atoms with Gasteiger partial charge in [-0.1, -0.05) is 12.1 Å². The van der Waals surface area contributed by atoms with Gasteiger partial charge in [0.2, 0.25) is 0 Å². The highest BCUT2D eigenvalue weighted by atomic mass is 19.4. The van der Waals surface area contributed by atoms with Crippen molar-refractivity contribution in [2.45, 2.75) is 12.2 Å². The molecule has 2 aromatic rings. The van der Waals surface area contributed by atoms with Gasteiger partial charge in [0.25, 0.3) is 0 Å². The van der Waals surface area contributed by atoms with Crippen LogP contribution in [0.15, 0.2) is 42.6 Å². The second kappa shape index (κ2) is 5.58. The first-order valence-corrected chi connectivity index (χ1v) is 5.87. The summed E-state index contributed by atoms with van der Waals surface area (Å²) in [6.07, 6.45) is -3.61. The standard InChI is InChI=1S/C14H12F4N2/c1-19-13(9-2-5-11(15)6-3-9)12-7-4-10(8-20-12)14(16,17)18/h2-8,13,19H,1H3. The fourth-order valence-corrected chi connectivity index (χ4v) is 1.88. The summed E-state index contributed by atoms with van der Waals surface area (Å²) in [7, 11) is 1.66. The van der Waals surface area contributed by atoms with Crippen LogP contribution in [-0.2, 0) is 6.18 Å². The maximum Gasteiger partial charge on any atom is 0.417 e. The van der Waals surface area contributed by atoms with Crippen LogP contribution in [0.2, 0.25) is 0 Å². The minimum atomic E-state index is -4.41. The molecule has 1 heterocycles. The second-order valence-corrected chi connectivity index (χ2v) is 4.24. The lowest BCUT2D eigenvalue weighted by atomic mass is 10.0. The van der Waals surface area contributed by atoms with Gasteiger partial charge in [-0.05, 0) is 36.9 Å². The third kappa shape index (κ3) is 3.14. The van der Waals surface area contributed by atoms with Crippen molar-refractivity contribution >= 4 is 0 Å². The Morgan fingerprint density at radius 2 is 1.70 bits per heavy atom. The lowest BCUT2D eigenvalue weighted by molar-refractivity contribution is -0.137. The predicted octanol–water partition coefficient (Wildman–Crippen LogP) is 3.55. The quantitative estimate of drug-likeness (QED) is 0.872. The summed E-state index contributed by atoms with van der Waals surface area (Å²) in [5.74, 6) is -0.371. The summed E-state index contributed by atoms with van der Waals surface area (Å²) < 4.78 is 50.3. The van der Waals surface area contributed by atoms with Gasteiger partial charge in [-0.2, -0.15) is 13.2 Å². The van der Waals surface area contributed by atoms with E-state index < -0.39 is 17.8 Å². The molecule has 1 aromatic carbocycles. The Labute approximate surface area is 113 Å². The van der Waals surface area contributed by atoms with E-state index in [0.29, 0.717) is 5.69 Å². The topological polar surface area (TPSA) is 24.9 Å². The maximum atomic E-state index is 12.9. The van der Waals surface area contributed by atoms with Crippen molar-refractivity contribution in [1.29, 1.82) is 0 Å². The smallest absolute Gasteiger partial charge is 0.308 e. The summed E-state index contributed by atoms with van der Waals surface area (Å²) in [4.78, 5) is 3.84. The van der Waals surface area contributed by atoms with Crippen molar-refractivity contribution in [1.82, 2.24) is 10.3 Å². The summed E-state index contributed by atoms with van der Waals surface area (Å²) in [5, 5.41) is 2.95. The molecule has 0 saturated carbocycles. The predicted molar refractivity (Wildman–Crippen MR) is 66.5 cm³/mol. The number of alkyl halides is 3. The largest absolute Gasteiger partial charge is 0.417 e. The van der Waals surface area contributed by atoms with Crippen molar-refractivity contribution < 1.29 is 17.6 Å². The summed E-state index contributed by atoms with van der Waals surface area (Å²) in [5.41, 5.74) is 0.364. The lowest BCUT2D eigenvalue weighted by Gasteiger charge is -2.17. The summed E-state index contributed by atoms with van der Waals surface area (Å²) >= 11 is 0. The van der Waals surface area contributed by atoms with Gasteiger partial charge in [-0.15, -0.1) is 0 Å². The molecule has 0 bridgehead atoms. The molecule has 0 saturated heterocycles. The summed E-state index contributed by atoms with van der Waals surface area (Å²) in [6, 6.07) is 7.63. The number of benzene rings is 1. The fourth-order valence-electron chi connectivity index (χ4n) is 1.88. The molecule has 1 aromatic heterocycles. The molecule has 1 N–H and O–H groups in total. The van der Waals surface area contributed by atoms with E-state index in [9.17, 15) is 17.6 Å². The third-order valence-corrected chi connectivity index (χ3v) is 2.90. The van der Waals surface area contributed by atoms with Crippen LogP contribution in [-0.4, -0.2) is 12.0 Å². The van der Waals surface area contributed by atoms with Crippen LogP contribution < -0.4 is 5.32 Å². The van der Waals surface area contributed by atoms with Gasteiger partial charge in [0, 0.05) is 6.20 Å². The highest BCUT2D eigenvalue weighted by Gasteiger charge is 2.31. The van der Waals surface area contributed by atoms with Gasteiger partial charge in [0.15, 0.2) is 0 Å². The molecule has 0 aliphatic heterocycles. The van der Waals surface area contributed by atoms with E-state index in [0.717, 1.165) is 17.8 Å². The molecule has 0 aliphatic carbocycles. The van der Waals surface area contributed by atoms with Crippen LogP contribution in [0.25, 0.3) is 0 Å². The van der Waals surface area contributed by atoms with Crippen molar-refractivity contribution in [3.63, 3.8) is 0 Å². The molecule has 106 valence electrons. The Balaban J connectivity index is 2.30. The monoisotopic (exact) mass is 284 g/mol. The minimum absolute atomic E-state index is 0.371. The molecule has 0 fully saturated rings. The van der Waals surface area contributed by atoms with Gasteiger partial charge in [-0.25, -0.2) is 4.39 Å². The average molecular weight is 284 g/mol. The van der Waals surface area contributed by atoms with E-state index in [1.165, 1.54) is 18.2 Å². The van der Waals surface area contributed by atoms with Crippen molar-refractivity contribution in [3.05, 3.63) is 65.2 Å². The first-order valence-electron chi connectivity index (χ1n) is 5.87. The van der Waals surface area contributed by atoms with Gasteiger partial charge in [0.05, 0.1) is 17.3 Å². The van der Waals surface area contributed by atoms with Crippen molar-refractivity contribution in [3.8, 4) is 0 Å². The van der Waals surface area contributed by atoms with E-state index in [4.69, 9.17) is 0 Å². The van der Waals surface area contributed by atoms with E-state index in [1.807, 2.05) is 0 Å². The Morgan fingerprint density at radius 3 is 2.15 bits per heavy atom. The zero-order valence-corrected chi connectivity index (χ0v) is 10.6. The van der Waals surface area contributed by atoms with Crippen LogP contribution >= 0.6 is 0 Å². The number of nitrogens with one attached hydrogen (secondary N) is 1. The molecule has 0 amide bonds. The number of pyridine rings is 1. The molecular weight excluding hydrogens is 272 g/mol. The molecule has 0 radical (unpaired) electrons. The van der Waals surface area contributed by atoms with Crippen LogP contribution in [0.3, 0.4) is 0 Å². The lowest BCUT2D eigenvalue weighted by Crippen LogP contribution is -2.19. The first kappa shape index (κ1) is 14.5. The first-order chi connectivity index (χ1) is 9.41. The van der Waals surface area contributed by atoms with E-state index in [-0.39, 0.29) is 5.82 Å². The Bertz CT molecular complexity index is 561. The van der Waals surface area contributed by atoms with Gasteiger partial charge in [-0.3, -0.25) is 4.98 Å². The van der Waals surface area contributed by atoms with E-state index >= 15 is 0 Å². The number of hydrogen-bond donors (Lipinski definition) is 1. The number of rotatable bonds is 3. The Morgan fingerprint density at radius 1 is 1.05 bits per heavy atom. The zero-order valence-electron chi connectivity index (χ0n) is 10.6. The third-order valence-electron chi connectivity index (χ3n) is 2.90. The molecule has 2 nitrogen and oxygen atoms in total. The van der Waals surface area contributed by atoms with Crippen LogP contribution in [0, 0.1) is 5.82 Å². The zero-order chi connectivity index (χ0) is 14.8. The molecule has 0 spiro atoms. The maximum absolute atomic E-state index is 12.9. The minimum Gasteiger partial charge on any atom is -0.308 e. The van der Waals surface area contributed by atoms with Gasteiger partial charge >= 0.3 is 6.18 Å². The number of nitrogens with zero attached hydrogens (tertiary/aromatic N) is 1. The molecule has 0 aliphatic rings. The highest BCUT2D eigenvalue weighted by molar-refractivity contribution is 5.29. The van der Waals surface area contributed by atoms with Crippen LogP contribution in [0.5, 0.6) is 0 Å². The molecule has 2 rings (SSSR count). The SMILES string of the molecule is CNC(c1ccc(F)cc1)c1ccc(C(F)(F)F)cn1. The number of halogens is 4. The van der Waals surface area contributed by atoms with E-state index in [1.54, 1.807) is 19.2 Å². The van der Waals surface area contributed by atoms with E-state index in [2.05, 4.69) is 10.3 Å².